The maximum Gasteiger partial charge on any atom is 0.269 e. The number of hydrogen-bond acceptors (Lipinski definition) is 6. The van der Waals surface area contributed by atoms with Crippen LogP contribution in [0.4, 0.5) is 0 Å². The van der Waals surface area contributed by atoms with E-state index in [0.717, 1.165) is 0 Å². The minimum Gasteiger partial charge on any atom is -0.493 e. The maximum atomic E-state index is 12.3. The second kappa shape index (κ2) is 9.70. The first-order chi connectivity index (χ1) is 13.4. The van der Waals surface area contributed by atoms with Crippen molar-refractivity contribution in [2.75, 3.05) is 27.9 Å². The molecule has 2 N–H and O–H groups in total. The lowest BCUT2D eigenvalue weighted by Crippen LogP contribution is -2.41. The third-order valence-corrected chi connectivity index (χ3v) is 3.99. The average Bonchev–Trinajstić information content (AvgIpc) is 2.71. The Balaban J connectivity index is 2.10. The van der Waals surface area contributed by atoms with E-state index in [1.807, 2.05) is 6.92 Å². The molecular weight excluding hydrogens is 388 g/mol. The first kappa shape index (κ1) is 21.2. The lowest BCUT2D eigenvalue weighted by atomic mass is 10.2. The van der Waals surface area contributed by atoms with Gasteiger partial charge in [-0.2, -0.15) is 0 Å². The standard InChI is InChI=1S/C19H21ClN2O6/c1-5-28-14-7-6-11(9-15(14)25-2)18(23)21-22-19(24)12-8-13(20)17(27-4)16(10-12)26-3/h6-10H,5H2,1-4H3,(H,21,23)(H,22,24). The third-order valence-electron chi connectivity index (χ3n) is 3.71. The van der Waals surface area contributed by atoms with E-state index in [-0.39, 0.29) is 16.1 Å². The Morgan fingerprint density at radius 2 is 1.46 bits per heavy atom. The topological polar surface area (TPSA) is 95.1 Å². The molecule has 0 aliphatic heterocycles. The predicted octanol–water partition coefficient (Wildman–Crippen LogP) is 2.84. The Bertz CT molecular complexity index is 872. The van der Waals surface area contributed by atoms with Crippen LogP contribution >= 0.6 is 11.6 Å². The van der Waals surface area contributed by atoms with Gasteiger partial charge in [0.15, 0.2) is 23.0 Å². The molecule has 0 saturated heterocycles. The fraction of sp³-hybridized carbons (Fsp3) is 0.263. The zero-order valence-electron chi connectivity index (χ0n) is 15.9. The number of carbonyl (C=O) groups is 2. The summed E-state index contributed by atoms with van der Waals surface area (Å²) in [6, 6.07) is 7.55. The van der Waals surface area contributed by atoms with Crippen LogP contribution in [0.2, 0.25) is 5.02 Å². The van der Waals surface area contributed by atoms with Gasteiger partial charge in [-0.25, -0.2) is 0 Å². The van der Waals surface area contributed by atoms with E-state index in [2.05, 4.69) is 10.9 Å². The third kappa shape index (κ3) is 4.77. The molecule has 0 spiro atoms. The number of methoxy groups -OCH3 is 3. The fourth-order valence-electron chi connectivity index (χ4n) is 2.39. The van der Waals surface area contributed by atoms with Gasteiger partial charge in [-0.05, 0) is 37.3 Å². The van der Waals surface area contributed by atoms with Crippen molar-refractivity contribution in [3.63, 3.8) is 0 Å². The van der Waals surface area contributed by atoms with Crippen LogP contribution in [0.5, 0.6) is 23.0 Å². The van der Waals surface area contributed by atoms with E-state index in [1.165, 1.54) is 39.5 Å². The van der Waals surface area contributed by atoms with Crippen LogP contribution in [-0.2, 0) is 0 Å². The van der Waals surface area contributed by atoms with Crippen molar-refractivity contribution in [3.05, 3.63) is 46.5 Å². The van der Waals surface area contributed by atoms with E-state index >= 15 is 0 Å². The highest BCUT2D eigenvalue weighted by molar-refractivity contribution is 6.32. The van der Waals surface area contributed by atoms with Crippen molar-refractivity contribution in [1.82, 2.24) is 10.9 Å². The lowest BCUT2D eigenvalue weighted by molar-refractivity contribution is 0.0846. The van der Waals surface area contributed by atoms with Crippen molar-refractivity contribution in [2.24, 2.45) is 0 Å². The molecule has 0 heterocycles. The highest BCUT2D eigenvalue weighted by atomic mass is 35.5. The molecule has 0 unspecified atom stereocenters. The van der Waals surface area contributed by atoms with Crippen LogP contribution in [0, 0.1) is 0 Å². The van der Waals surface area contributed by atoms with E-state index in [0.29, 0.717) is 29.6 Å². The van der Waals surface area contributed by atoms with E-state index in [1.54, 1.807) is 12.1 Å². The molecule has 8 nitrogen and oxygen atoms in total. The van der Waals surface area contributed by atoms with Gasteiger partial charge in [-0.1, -0.05) is 11.6 Å². The summed E-state index contributed by atoms with van der Waals surface area (Å²) in [6.07, 6.45) is 0. The number of hydrogen-bond donors (Lipinski definition) is 2. The van der Waals surface area contributed by atoms with E-state index in [4.69, 9.17) is 30.5 Å². The average molecular weight is 409 g/mol. The van der Waals surface area contributed by atoms with Gasteiger partial charge in [0.25, 0.3) is 11.8 Å². The normalized spacial score (nSPS) is 10.0. The van der Waals surface area contributed by atoms with Crippen molar-refractivity contribution in [2.45, 2.75) is 6.92 Å². The number of rotatable bonds is 7. The zero-order chi connectivity index (χ0) is 20.7. The summed E-state index contributed by atoms with van der Waals surface area (Å²) in [5, 5.41) is 0.203. The number of ether oxygens (including phenoxy) is 4. The molecule has 0 fully saturated rings. The molecule has 28 heavy (non-hydrogen) atoms. The quantitative estimate of drug-likeness (QED) is 0.684. The van der Waals surface area contributed by atoms with Gasteiger partial charge in [0.2, 0.25) is 0 Å². The van der Waals surface area contributed by atoms with Crippen LogP contribution in [0.1, 0.15) is 27.6 Å². The number of amides is 2. The molecule has 0 bridgehead atoms. The van der Waals surface area contributed by atoms with Gasteiger partial charge in [0.1, 0.15) is 0 Å². The molecule has 0 aliphatic carbocycles. The summed E-state index contributed by atoms with van der Waals surface area (Å²) in [6.45, 7) is 2.31. The van der Waals surface area contributed by atoms with Gasteiger partial charge in [-0.15, -0.1) is 0 Å². The number of benzene rings is 2. The Hall–Kier alpha value is -3.13. The van der Waals surface area contributed by atoms with Gasteiger partial charge in [0.05, 0.1) is 33.0 Å². The second-order valence-corrected chi connectivity index (χ2v) is 5.81. The molecule has 2 aromatic carbocycles. The molecule has 0 atom stereocenters. The van der Waals surface area contributed by atoms with E-state index in [9.17, 15) is 9.59 Å². The monoisotopic (exact) mass is 408 g/mol. The lowest BCUT2D eigenvalue weighted by Gasteiger charge is -2.13. The van der Waals surface area contributed by atoms with Crippen LogP contribution in [0.25, 0.3) is 0 Å². The minimum absolute atomic E-state index is 0.187. The highest BCUT2D eigenvalue weighted by Crippen LogP contribution is 2.36. The molecule has 0 saturated carbocycles. The van der Waals surface area contributed by atoms with Crippen molar-refractivity contribution in [3.8, 4) is 23.0 Å². The van der Waals surface area contributed by atoms with Crippen molar-refractivity contribution < 1.29 is 28.5 Å². The molecule has 2 aromatic rings. The molecular formula is C19H21ClN2O6. The number of carbonyl (C=O) groups excluding carboxylic acids is 2. The summed E-state index contributed by atoms with van der Waals surface area (Å²) in [5.74, 6) is 0.433. The van der Waals surface area contributed by atoms with Crippen LogP contribution in [0.3, 0.4) is 0 Å². The summed E-state index contributed by atoms with van der Waals surface area (Å²) in [4.78, 5) is 24.7. The van der Waals surface area contributed by atoms with Crippen LogP contribution in [-0.4, -0.2) is 39.8 Å². The molecule has 2 rings (SSSR count). The summed E-state index contributed by atoms with van der Waals surface area (Å²) >= 11 is 6.09. The number of hydrazine groups is 1. The molecule has 2 amide bonds. The van der Waals surface area contributed by atoms with Gasteiger partial charge < -0.3 is 18.9 Å². The zero-order valence-corrected chi connectivity index (χ0v) is 16.7. The SMILES string of the molecule is CCOc1ccc(C(=O)NNC(=O)c2cc(Cl)c(OC)c(OC)c2)cc1OC. The highest BCUT2D eigenvalue weighted by Gasteiger charge is 2.17. The van der Waals surface area contributed by atoms with E-state index < -0.39 is 11.8 Å². The Labute approximate surface area is 167 Å². The second-order valence-electron chi connectivity index (χ2n) is 5.40. The Kier molecular flexibility index (Phi) is 7.34. The summed E-state index contributed by atoms with van der Waals surface area (Å²) in [5.41, 5.74) is 5.13. The van der Waals surface area contributed by atoms with Gasteiger partial charge >= 0.3 is 0 Å². The first-order valence-corrected chi connectivity index (χ1v) is 8.65. The molecule has 0 aliphatic rings. The molecule has 9 heteroatoms. The first-order valence-electron chi connectivity index (χ1n) is 8.28. The fourth-order valence-corrected chi connectivity index (χ4v) is 2.68. The Morgan fingerprint density at radius 1 is 0.857 bits per heavy atom. The predicted molar refractivity (Wildman–Crippen MR) is 104 cm³/mol. The molecule has 150 valence electrons. The summed E-state index contributed by atoms with van der Waals surface area (Å²) in [7, 11) is 4.34. The van der Waals surface area contributed by atoms with Gasteiger partial charge in [-0.3, -0.25) is 20.4 Å². The van der Waals surface area contributed by atoms with Gasteiger partial charge in [0, 0.05) is 11.1 Å². The largest absolute Gasteiger partial charge is 0.493 e. The van der Waals surface area contributed by atoms with Crippen molar-refractivity contribution >= 4 is 23.4 Å². The molecule has 0 aromatic heterocycles. The molecule has 0 radical (unpaired) electrons. The van der Waals surface area contributed by atoms with Crippen molar-refractivity contribution in [1.29, 1.82) is 0 Å². The summed E-state index contributed by atoms with van der Waals surface area (Å²) < 4.78 is 20.9. The van der Waals surface area contributed by atoms with Crippen LogP contribution in [0.15, 0.2) is 30.3 Å². The Morgan fingerprint density at radius 3 is 2.04 bits per heavy atom. The smallest absolute Gasteiger partial charge is 0.269 e. The number of halogens is 1. The minimum atomic E-state index is -0.575. The number of nitrogens with one attached hydrogen (secondary N) is 2. The maximum absolute atomic E-state index is 12.3. The van der Waals surface area contributed by atoms with Crippen LogP contribution < -0.4 is 29.8 Å².